The van der Waals surface area contributed by atoms with E-state index in [1.165, 1.54) is 4.31 Å². The van der Waals surface area contributed by atoms with Crippen molar-refractivity contribution in [3.05, 3.63) is 65.2 Å². The number of aryl methyl sites for hydroxylation is 2. The Labute approximate surface area is 173 Å². The van der Waals surface area contributed by atoms with Crippen molar-refractivity contribution in [1.29, 1.82) is 0 Å². The van der Waals surface area contributed by atoms with Gasteiger partial charge >= 0.3 is 0 Å². The van der Waals surface area contributed by atoms with Crippen LogP contribution in [0.25, 0.3) is 0 Å². The van der Waals surface area contributed by atoms with Crippen molar-refractivity contribution >= 4 is 15.9 Å². The summed E-state index contributed by atoms with van der Waals surface area (Å²) in [5.74, 6) is 0.00154. The first-order chi connectivity index (χ1) is 13.7. The molecule has 6 nitrogen and oxygen atoms in total. The molecule has 0 bridgehead atoms. The Balaban J connectivity index is 1.79. The SMILES string of the molecule is Cc1ccc(S(=O)(=O)N2CCN([C@H](C(=O)N(C)C)c3ccccc3)CC2)cc1C. The van der Waals surface area contributed by atoms with Gasteiger partial charge in [0.05, 0.1) is 4.90 Å². The Bertz CT molecular complexity index is 966. The average Bonchev–Trinajstić information content (AvgIpc) is 2.71. The summed E-state index contributed by atoms with van der Waals surface area (Å²) in [6, 6.07) is 14.5. The summed E-state index contributed by atoms with van der Waals surface area (Å²) in [5, 5.41) is 0. The van der Waals surface area contributed by atoms with Gasteiger partial charge in [-0.1, -0.05) is 36.4 Å². The maximum atomic E-state index is 13.1. The van der Waals surface area contributed by atoms with Crippen molar-refractivity contribution in [2.24, 2.45) is 0 Å². The number of carbonyl (C=O) groups is 1. The fraction of sp³-hybridized carbons (Fsp3) is 0.409. The van der Waals surface area contributed by atoms with Gasteiger partial charge in [0.25, 0.3) is 0 Å². The fourth-order valence-corrected chi connectivity index (χ4v) is 5.12. The van der Waals surface area contributed by atoms with Crippen LogP contribution >= 0.6 is 0 Å². The molecule has 0 N–H and O–H groups in total. The Morgan fingerprint density at radius 3 is 2.10 bits per heavy atom. The lowest BCUT2D eigenvalue weighted by atomic mass is 10.0. The summed E-state index contributed by atoms with van der Waals surface area (Å²) in [7, 11) is -0.0429. The minimum atomic E-state index is -3.54. The zero-order chi connectivity index (χ0) is 21.2. The van der Waals surface area contributed by atoms with Crippen LogP contribution in [0.15, 0.2) is 53.4 Å². The maximum Gasteiger partial charge on any atom is 0.244 e. The highest BCUT2D eigenvalue weighted by molar-refractivity contribution is 7.89. The van der Waals surface area contributed by atoms with Crippen LogP contribution in [0, 0.1) is 13.8 Å². The smallest absolute Gasteiger partial charge is 0.244 e. The Morgan fingerprint density at radius 2 is 1.55 bits per heavy atom. The fourth-order valence-electron chi connectivity index (χ4n) is 3.62. The van der Waals surface area contributed by atoms with Gasteiger partial charge in [-0.15, -0.1) is 0 Å². The quantitative estimate of drug-likeness (QED) is 0.753. The van der Waals surface area contributed by atoms with E-state index in [1.54, 1.807) is 31.1 Å². The second-order valence-corrected chi connectivity index (χ2v) is 9.67. The standard InChI is InChI=1S/C22H29N3O3S/c1-17-10-11-20(16-18(17)2)29(27,28)25-14-12-24(13-15-25)21(22(26)23(3)4)19-8-6-5-7-9-19/h5-11,16,21H,12-15H2,1-4H3/t21-/m0/s1. The topological polar surface area (TPSA) is 60.9 Å². The summed E-state index contributed by atoms with van der Waals surface area (Å²) in [6.45, 7) is 5.62. The third kappa shape index (κ3) is 4.52. The second-order valence-electron chi connectivity index (χ2n) is 7.73. The van der Waals surface area contributed by atoms with Crippen LogP contribution in [-0.2, 0) is 14.8 Å². The van der Waals surface area contributed by atoms with E-state index < -0.39 is 16.1 Å². The van der Waals surface area contributed by atoms with Gasteiger partial charge in [-0.3, -0.25) is 9.69 Å². The molecular weight excluding hydrogens is 386 g/mol. The third-order valence-electron chi connectivity index (χ3n) is 5.54. The largest absolute Gasteiger partial charge is 0.347 e. The van der Waals surface area contributed by atoms with Gasteiger partial charge in [-0.05, 0) is 42.7 Å². The lowest BCUT2D eigenvalue weighted by Crippen LogP contribution is -2.52. The number of hydrogen-bond donors (Lipinski definition) is 0. The first-order valence-corrected chi connectivity index (χ1v) is 11.2. The first kappa shape index (κ1) is 21.5. The summed E-state index contributed by atoms with van der Waals surface area (Å²) in [6.07, 6.45) is 0. The van der Waals surface area contributed by atoms with E-state index in [-0.39, 0.29) is 5.91 Å². The molecule has 1 amide bonds. The molecule has 0 spiro atoms. The third-order valence-corrected chi connectivity index (χ3v) is 7.44. The van der Waals surface area contributed by atoms with E-state index in [1.807, 2.05) is 50.2 Å². The molecule has 3 rings (SSSR count). The number of carbonyl (C=O) groups excluding carboxylic acids is 1. The van der Waals surface area contributed by atoms with E-state index in [0.29, 0.717) is 31.1 Å². The second kappa shape index (κ2) is 8.65. The summed E-state index contributed by atoms with van der Waals surface area (Å²) >= 11 is 0. The lowest BCUT2D eigenvalue weighted by molar-refractivity contribution is -0.135. The molecule has 1 saturated heterocycles. The molecule has 156 valence electrons. The zero-order valence-corrected chi connectivity index (χ0v) is 18.3. The molecule has 0 aliphatic carbocycles. The van der Waals surface area contributed by atoms with Crippen LogP contribution in [0.2, 0.25) is 0 Å². The molecule has 29 heavy (non-hydrogen) atoms. The highest BCUT2D eigenvalue weighted by Crippen LogP contribution is 2.26. The Hall–Kier alpha value is -2.22. The molecule has 1 aliphatic heterocycles. The maximum absolute atomic E-state index is 13.1. The molecule has 1 aliphatic rings. The highest BCUT2D eigenvalue weighted by atomic mass is 32.2. The number of benzene rings is 2. The number of piperazine rings is 1. The van der Waals surface area contributed by atoms with Crippen molar-refractivity contribution in [3.63, 3.8) is 0 Å². The molecule has 0 unspecified atom stereocenters. The molecule has 0 radical (unpaired) electrons. The lowest BCUT2D eigenvalue weighted by Gasteiger charge is -2.39. The minimum Gasteiger partial charge on any atom is -0.347 e. The van der Waals surface area contributed by atoms with Gasteiger partial charge in [0, 0.05) is 40.3 Å². The predicted molar refractivity (Wildman–Crippen MR) is 114 cm³/mol. The molecule has 1 fully saturated rings. The Morgan fingerprint density at radius 1 is 0.931 bits per heavy atom. The van der Waals surface area contributed by atoms with E-state index in [9.17, 15) is 13.2 Å². The first-order valence-electron chi connectivity index (χ1n) is 9.79. The van der Waals surface area contributed by atoms with Crippen molar-refractivity contribution < 1.29 is 13.2 Å². The van der Waals surface area contributed by atoms with Gasteiger partial charge in [-0.25, -0.2) is 8.42 Å². The van der Waals surface area contributed by atoms with Crippen LogP contribution in [0.1, 0.15) is 22.7 Å². The van der Waals surface area contributed by atoms with Crippen LogP contribution in [0.3, 0.4) is 0 Å². The number of sulfonamides is 1. The minimum absolute atomic E-state index is 0.00154. The number of rotatable bonds is 5. The molecule has 1 heterocycles. The number of hydrogen-bond acceptors (Lipinski definition) is 4. The number of amides is 1. The van der Waals surface area contributed by atoms with E-state index in [4.69, 9.17) is 0 Å². The molecule has 1 atom stereocenters. The van der Waals surface area contributed by atoms with Crippen LogP contribution < -0.4 is 0 Å². The van der Waals surface area contributed by atoms with E-state index in [2.05, 4.69) is 4.90 Å². The molecule has 7 heteroatoms. The number of nitrogens with zero attached hydrogens (tertiary/aromatic N) is 3. The van der Waals surface area contributed by atoms with Crippen LogP contribution in [0.5, 0.6) is 0 Å². The highest BCUT2D eigenvalue weighted by Gasteiger charge is 2.35. The van der Waals surface area contributed by atoms with Crippen molar-refractivity contribution in [2.75, 3.05) is 40.3 Å². The summed E-state index contributed by atoms with van der Waals surface area (Å²) < 4.78 is 27.7. The van der Waals surface area contributed by atoms with E-state index in [0.717, 1.165) is 16.7 Å². The van der Waals surface area contributed by atoms with Crippen LogP contribution in [-0.4, -0.2) is 68.7 Å². The van der Waals surface area contributed by atoms with Crippen LogP contribution in [0.4, 0.5) is 0 Å². The van der Waals surface area contributed by atoms with Crippen molar-refractivity contribution in [3.8, 4) is 0 Å². The summed E-state index contributed by atoms with van der Waals surface area (Å²) in [5.41, 5.74) is 2.96. The molecule has 0 aromatic heterocycles. The molecule has 2 aromatic carbocycles. The molecular formula is C22H29N3O3S. The monoisotopic (exact) mass is 415 g/mol. The molecule has 0 saturated carbocycles. The van der Waals surface area contributed by atoms with Gasteiger partial charge in [0.1, 0.15) is 6.04 Å². The van der Waals surface area contributed by atoms with Crippen molar-refractivity contribution in [1.82, 2.24) is 14.1 Å². The van der Waals surface area contributed by atoms with Gasteiger partial charge < -0.3 is 4.90 Å². The van der Waals surface area contributed by atoms with Gasteiger partial charge in [-0.2, -0.15) is 4.31 Å². The van der Waals surface area contributed by atoms with E-state index >= 15 is 0 Å². The van der Waals surface area contributed by atoms with Gasteiger partial charge in [0.2, 0.25) is 15.9 Å². The number of likely N-dealkylation sites (N-methyl/N-ethyl adjacent to an activating group) is 1. The Kier molecular flexibility index (Phi) is 6.41. The average molecular weight is 416 g/mol. The predicted octanol–water partition coefficient (Wildman–Crippen LogP) is 2.44. The van der Waals surface area contributed by atoms with Crippen molar-refractivity contribution in [2.45, 2.75) is 24.8 Å². The van der Waals surface area contributed by atoms with Gasteiger partial charge in [0.15, 0.2) is 0 Å². The molecule has 2 aromatic rings. The normalized spacial score (nSPS) is 17.1. The summed E-state index contributed by atoms with van der Waals surface area (Å²) in [4.78, 5) is 16.9. The zero-order valence-electron chi connectivity index (χ0n) is 17.5.